The van der Waals surface area contributed by atoms with Gasteiger partial charge in [-0.05, 0) is 46.6 Å². The maximum absolute atomic E-state index is 13.6. The highest BCUT2D eigenvalue weighted by Gasteiger charge is 2.45. The van der Waals surface area contributed by atoms with Crippen LogP contribution in [0.25, 0.3) is 0 Å². The number of hydrogen-bond donors (Lipinski definition) is 1. The molecule has 1 saturated heterocycles. The number of piperidine rings is 1. The molecule has 1 aliphatic heterocycles. The van der Waals surface area contributed by atoms with Crippen LogP contribution >= 0.6 is 0 Å². The largest absolute Gasteiger partial charge is 0.444 e. The molecule has 1 unspecified atom stereocenters. The molecule has 0 spiro atoms. The molecule has 0 radical (unpaired) electrons. The van der Waals surface area contributed by atoms with Crippen molar-refractivity contribution in [1.29, 1.82) is 0 Å². The SMILES string of the molecule is CCCNCC1(C(F)F)CCCN(C(=O)OC(C)(C)C)C1. The highest BCUT2D eigenvalue weighted by Crippen LogP contribution is 2.36. The maximum Gasteiger partial charge on any atom is 0.410 e. The summed E-state index contributed by atoms with van der Waals surface area (Å²) in [6, 6.07) is 0. The molecule has 0 aromatic heterocycles. The summed E-state index contributed by atoms with van der Waals surface area (Å²) < 4.78 is 32.4. The van der Waals surface area contributed by atoms with Crippen LogP contribution in [0.3, 0.4) is 0 Å². The van der Waals surface area contributed by atoms with E-state index in [-0.39, 0.29) is 13.1 Å². The minimum absolute atomic E-state index is 0.0519. The number of carbonyl (C=O) groups excluding carboxylic acids is 1. The van der Waals surface area contributed by atoms with E-state index in [1.165, 1.54) is 4.90 Å². The van der Waals surface area contributed by atoms with Crippen molar-refractivity contribution in [2.24, 2.45) is 5.41 Å². The lowest BCUT2D eigenvalue weighted by molar-refractivity contribution is -0.0584. The number of rotatable bonds is 5. The van der Waals surface area contributed by atoms with Crippen molar-refractivity contribution in [1.82, 2.24) is 10.2 Å². The molecule has 0 aromatic carbocycles. The quantitative estimate of drug-likeness (QED) is 0.793. The van der Waals surface area contributed by atoms with Gasteiger partial charge in [-0.25, -0.2) is 13.6 Å². The van der Waals surface area contributed by atoms with Gasteiger partial charge in [0.05, 0.1) is 5.41 Å². The fraction of sp³-hybridized carbons (Fsp3) is 0.933. The van der Waals surface area contributed by atoms with Gasteiger partial charge in [-0.3, -0.25) is 0 Å². The van der Waals surface area contributed by atoms with Crippen LogP contribution in [-0.2, 0) is 4.74 Å². The lowest BCUT2D eigenvalue weighted by atomic mass is 9.80. The Morgan fingerprint density at radius 2 is 2.10 bits per heavy atom. The van der Waals surface area contributed by atoms with E-state index in [0.717, 1.165) is 6.42 Å². The number of ether oxygens (including phenoxy) is 1. The van der Waals surface area contributed by atoms with E-state index < -0.39 is 23.5 Å². The van der Waals surface area contributed by atoms with Gasteiger partial charge in [0.15, 0.2) is 0 Å². The topological polar surface area (TPSA) is 41.6 Å². The normalized spacial score (nSPS) is 23.5. The summed E-state index contributed by atoms with van der Waals surface area (Å²) in [7, 11) is 0. The van der Waals surface area contributed by atoms with E-state index in [9.17, 15) is 13.6 Å². The summed E-state index contributed by atoms with van der Waals surface area (Å²) in [5, 5.41) is 3.08. The number of amides is 1. The molecule has 0 saturated carbocycles. The fourth-order valence-electron chi connectivity index (χ4n) is 2.56. The lowest BCUT2D eigenvalue weighted by Crippen LogP contribution is -2.54. The number of alkyl halides is 2. The van der Waals surface area contributed by atoms with Crippen molar-refractivity contribution < 1.29 is 18.3 Å². The maximum atomic E-state index is 13.6. The second-order valence-electron chi connectivity index (χ2n) is 6.85. The molecule has 4 nitrogen and oxygen atoms in total. The van der Waals surface area contributed by atoms with Gasteiger partial charge in [-0.1, -0.05) is 6.92 Å². The molecule has 0 bridgehead atoms. The van der Waals surface area contributed by atoms with Crippen LogP contribution in [0.4, 0.5) is 13.6 Å². The number of nitrogens with one attached hydrogen (secondary N) is 1. The third kappa shape index (κ3) is 5.41. The van der Waals surface area contributed by atoms with Crippen LogP contribution in [0.2, 0.25) is 0 Å². The van der Waals surface area contributed by atoms with Gasteiger partial charge < -0.3 is 15.0 Å². The Kier molecular flexibility index (Phi) is 6.38. The van der Waals surface area contributed by atoms with Gasteiger partial charge in [-0.2, -0.15) is 0 Å². The first-order valence-corrected chi connectivity index (χ1v) is 7.67. The fourth-order valence-corrected chi connectivity index (χ4v) is 2.56. The monoisotopic (exact) mass is 306 g/mol. The number of nitrogens with zero attached hydrogens (tertiary/aromatic N) is 1. The summed E-state index contributed by atoms with van der Waals surface area (Å²) in [5.74, 6) is 0. The van der Waals surface area contributed by atoms with Gasteiger partial charge in [0.25, 0.3) is 0 Å². The van der Waals surface area contributed by atoms with E-state index in [1.807, 2.05) is 6.92 Å². The molecule has 124 valence electrons. The average molecular weight is 306 g/mol. The Morgan fingerprint density at radius 3 is 2.62 bits per heavy atom. The average Bonchev–Trinajstić information content (AvgIpc) is 2.37. The van der Waals surface area contributed by atoms with E-state index >= 15 is 0 Å². The van der Waals surface area contributed by atoms with E-state index in [2.05, 4.69) is 5.32 Å². The molecule has 6 heteroatoms. The highest BCUT2D eigenvalue weighted by atomic mass is 19.3. The first kappa shape index (κ1) is 18.1. The van der Waals surface area contributed by atoms with E-state index in [1.54, 1.807) is 20.8 Å². The third-order valence-electron chi connectivity index (χ3n) is 3.63. The smallest absolute Gasteiger partial charge is 0.410 e. The molecule has 1 aliphatic rings. The molecule has 1 N–H and O–H groups in total. The van der Waals surface area contributed by atoms with Crippen molar-refractivity contribution in [2.75, 3.05) is 26.2 Å². The van der Waals surface area contributed by atoms with Crippen LogP contribution < -0.4 is 5.32 Å². The molecule has 1 rings (SSSR count). The van der Waals surface area contributed by atoms with Gasteiger partial charge in [0.2, 0.25) is 6.43 Å². The predicted octanol–water partition coefficient (Wildman–Crippen LogP) is 3.27. The third-order valence-corrected chi connectivity index (χ3v) is 3.63. The first-order valence-electron chi connectivity index (χ1n) is 7.67. The molecular weight excluding hydrogens is 278 g/mol. The second kappa shape index (κ2) is 7.38. The highest BCUT2D eigenvalue weighted by molar-refractivity contribution is 5.68. The zero-order valence-corrected chi connectivity index (χ0v) is 13.5. The van der Waals surface area contributed by atoms with Gasteiger partial charge in [0, 0.05) is 19.6 Å². The van der Waals surface area contributed by atoms with Gasteiger partial charge >= 0.3 is 6.09 Å². The second-order valence-corrected chi connectivity index (χ2v) is 6.85. The number of likely N-dealkylation sites (tertiary alicyclic amines) is 1. The van der Waals surface area contributed by atoms with Gasteiger partial charge in [0.1, 0.15) is 5.60 Å². The first-order chi connectivity index (χ1) is 9.70. The van der Waals surface area contributed by atoms with Crippen LogP contribution in [0.1, 0.15) is 47.0 Å². The van der Waals surface area contributed by atoms with Gasteiger partial charge in [-0.15, -0.1) is 0 Å². The molecular formula is C15H28F2N2O2. The van der Waals surface area contributed by atoms with Crippen LogP contribution in [0, 0.1) is 5.41 Å². The van der Waals surface area contributed by atoms with E-state index in [0.29, 0.717) is 25.9 Å². The Labute approximate surface area is 126 Å². The summed E-state index contributed by atoms with van der Waals surface area (Å²) in [5.41, 5.74) is -1.77. The standard InChI is InChI=1S/C15H28F2N2O2/c1-5-8-18-10-15(12(16)17)7-6-9-19(11-15)13(20)21-14(2,3)4/h12,18H,5-11H2,1-4H3. The number of hydrogen-bond acceptors (Lipinski definition) is 3. The van der Waals surface area contributed by atoms with Crippen LogP contribution in [0.5, 0.6) is 0 Å². The summed E-state index contributed by atoms with van der Waals surface area (Å²) in [4.78, 5) is 13.5. The van der Waals surface area contributed by atoms with Crippen LogP contribution in [-0.4, -0.2) is 49.2 Å². The number of carbonyl (C=O) groups is 1. The zero-order valence-electron chi connectivity index (χ0n) is 13.5. The summed E-state index contributed by atoms with van der Waals surface area (Å²) in [6.45, 7) is 8.80. The summed E-state index contributed by atoms with van der Waals surface area (Å²) in [6.07, 6.45) is -1.04. The van der Waals surface area contributed by atoms with Crippen molar-refractivity contribution >= 4 is 6.09 Å². The molecule has 1 heterocycles. The molecule has 1 amide bonds. The Morgan fingerprint density at radius 1 is 1.43 bits per heavy atom. The minimum Gasteiger partial charge on any atom is -0.444 e. The minimum atomic E-state index is -2.45. The summed E-state index contributed by atoms with van der Waals surface area (Å²) >= 11 is 0. The zero-order chi connectivity index (χ0) is 16.1. The van der Waals surface area contributed by atoms with Crippen molar-refractivity contribution in [3.05, 3.63) is 0 Å². The van der Waals surface area contributed by atoms with E-state index in [4.69, 9.17) is 4.74 Å². The Balaban J connectivity index is 2.71. The molecule has 0 aromatic rings. The van der Waals surface area contributed by atoms with Crippen molar-refractivity contribution in [3.63, 3.8) is 0 Å². The number of halogens is 2. The molecule has 21 heavy (non-hydrogen) atoms. The lowest BCUT2D eigenvalue weighted by Gasteiger charge is -2.42. The Hall–Kier alpha value is -0.910. The van der Waals surface area contributed by atoms with Crippen LogP contribution in [0.15, 0.2) is 0 Å². The Bertz CT molecular complexity index is 345. The molecule has 1 fully saturated rings. The van der Waals surface area contributed by atoms with Crippen molar-refractivity contribution in [3.8, 4) is 0 Å². The predicted molar refractivity (Wildman–Crippen MR) is 78.6 cm³/mol. The van der Waals surface area contributed by atoms with Crippen molar-refractivity contribution in [2.45, 2.75) is 59.0 Å². The molecule has 0 aliphatic carbocycles. The molecule has 1 atom stereocenters.